The SMILES string of the molecule is O=C(O)c1cc(Cl)c2c(c1)[C@H]1C=CC[C@@H]1[C@H](c1ccc(OCc3ccccc3)cc1)N2. The second kappa shape index (κ2) is 8.12. The molecule has 156 valence electrons. The van der Waals surface area contributed by atoms with Gasteiger partial charge in [0.25, 0.3) is 0 Å². The molecule has 0 saturated heterocycles. The molecule has 1 heterocycles. The Morgan fingerprint density at radius 3 is 2.61 bits per heavy atom. The van der Waals surface area contributed by atoms with Gasteiger partial charge in [-0.2, -0.15) is 0 Å². The number of carboxylic acid groups (broad SMARTS) is 1. The van der Waals surface area contributed by atoms with Crippen molar-refractivity contribution in [3.8, 4) is 5.75 Å². The summed E-state index contributed by atoms with van der Waals surface area (Å²) in [6.45, 7) is 0.533. The number of aromatic carboxylic acids is 1. The van der Waals surface area contributed by atoms with Crippen LogP contribution in [-0.2, 0) is 6.61 Å². The summed E-state index contributed by atoms with van der Waals surface area (Å²) in [4.78, 5) is 11.5. The maximum Gasteiger partial charge on any atom is 0.335 e. The number of carbonyl (C=O) groups is 1. The molecule has 0 spiro atoms. The number of benzene rings is 3. The van der Waals surface area contributed by atoms with Gasteiger partial charge in [-0.3, -0.25) is 0 Å². The van der Waals surface area contributed by atoms with Crippen LogP contribution >= 0.6 is 11.6 Å². The summed E-state index contributed by atoms with van der Waals surface area (Å²) in [5.41, 5.74) is 4.31. The van der Waals surface area contributed by atoms with Crippen LogP contribution in [-0.4, -0.2) is 11.1 Å². The van der Waals surface area contributed by atoms with Crippen molar-refractivity contribution in [1.82, 2.24) is 0 Å². The van der Waals surface area contributed by atoms with E-state index >= 15 is 0 Å². The molecule has 0 bridgehead atoms. The summed E-state index contributed by atoms with van der Waals surface area (Å²) >= 11 is 6.49. The Labute approximate surface area is 186 Å². The van der Waals surface area contributed by atoms with Gasteiger partial charge in [0.05, 0.1) is 22.3 Å². The average molecular weight is 432 g/mol. The number of anilines is 1. The molecule has 2 aliphatic rings. The average Bonchev–Trinajstić information content (AvgIpc) is 3.29. The van der Waals surface area contributed by atoms with E-state index < -0.39 is 5.97 Å². The highest BCUT2D eigenvalue weighted by Gasteiger charge is 2.39. The summed E-state index contributed by atoms with van der Waals surface area (Å²) < 4.78 is 5.92. The van der Waals surface area contributed by atoms with E-state index in [0.29, 0.717) is 17.5 Å². The van der Waals surface area contributed by atoms with Crippen LogP contribution in [0.25, 0.3) is 0 Å². The van der Waals surface area contributed by atoms with Gasteiger partial charge in [0, 0.05) is 5.92 Å². The van der Waals surface area contributed by atoms with Gasteiger partial charge >= 0.3 is 5.97 Å². The normalized spacial score (nSPS) is 21.1. The Bertz CT molecular complexity index is 1140. The van der Waals surface area contributed by atoms with Gasteiger partial charge in [-0.15, -0.1) is 0 Å². The smallest absolute Gasteiger partial charge is 0.335 e. The molecule has 3 aromatic carbocycles. The summed E-state index contributed by atoms with van der Waals surface area (Å²) in [5, 5.41) is 13.5. The molecule has 0 radical (unpaired) electrons. The largest absolute Gasteiger partial charge is 0.489 e. The number of allylic oxidation sites excluding steroid dienone is 2. The predicted octanol–water partition coefficient (Wildman–Crippen LogP) is 6.44. The molecule has 4 nitrogen and oxygen atoms in total. The molecule has 0 amide bonds. The van der Waals surface area contributed by atoms with Crippen LogP contribution in [0.2, 0.25) is 5.02 Å². The van der Waals surface area contributed by atoms with Gasteiger partial charge in [-0.1, -0.05) is 66.2 Å². The Hall–Kier alpha value is -3.24. The Morgan fingerprint density at radius 2 is 1.87 bits per heavy atom. The van der Waals surface area contributed by atoms with E-state index in [0.717, 1.165) is 34.5 Å². The predicted molar refractivity (Wildman–Crippen MR) is 122 cm³/mol. The molecule has 1 aliphatic heterocycles. The lowest BCUT2D eigenvalue weighted by molar-refractivity contribution is 0.0696. The van der Waals surface area contributed by atoms with Crippen molar-refractivity contribution in [2.24, 2.45) is 5.92 Å². The number of rotatable bonds is 5. The first-order valence-electron chi connectivity index (χ1n) is 10.4. The van der Waals surface area contributed by atoms with Crippen LogP contribution < -0.4 is 10.1 Å². The van der Waals surface area contributed by atoms with Crippen molar-refractivity contribution in [3.63, 3.8) is 0 Å². The van der Waals surface area contributed by atoms with Gasteiger partial charge in [0.15, 0.2) is 0 Å². The van der Waals surface area contributed by atoms with Gasteiger partial charge in [0.1, 0.15) is 12.4 Å². The zero-order chi connectivity index (χ0) is 21.4. The summed E-state index contributed by atoms with van der Waals surface area (Å²) in [7, 11) is 0. The fourth-order valence-corrected chi connectivity index (χ4v) is 4.90. The molecular formula is C26H22ClNO3. The van der Waals surface area contributed by atoms with Crippen molar-refractivity contribution in [3.05, 3.63) is 106 Å². The van der Waals surface area contributed by atoms with Gasteiger partial charge in [0.2, 0.25) is 0 Å². The molecular weight excluding hydrogens is 410 g/mol. The number of fused-ring (bicyclic) bond motifs is 3. The Morgan fingerprint density at radius 1 is 1.10 bits per heavy atom. The van der Waals surface area contributed by atoms with Crippen molar-refractivity contribution >= 4 is 23.3 Å². The first-order chi connectivity index (χ1) is 15.1. The van der Waals surface area contributed by atoms with E-state index in [1.165, 1.54) is 6.07 Å². The highest BCUT2D eigenvalue weighted by Crippen LogP contribution is 2.51. The topological polar surface area (TPSA) is 58.6 Å². The van der Waals surface area contributed by atoms with E-state index in [-0.39, 0.29) is 17.5 Å². The number of nitrogens with one attached hydrogen (secondary N) is 1. The van der Waals surface area contributed by atoms with Crippen LogP contribution in [0.1, 0.15) is 45.4 Å². The minimum atomic E-state index is -0.962. The molecule has 0 saturated carbocycles. The van der Waals surface area contributed by atoms with Gasteiger partial charge in [-0.25, -0.2) is 4.79 Å². The third kappa shape index (κ3) is 3.79. The first-order valence-corrected chi connectivity index (χ1v) is 10.7. The van der Waals surface area contributed by atoms with Crippen molar-refractivity contribution in [2.45, 2.75) is 25.0 Å². The lowest BCUT2D eigenvalue weighted by Gasteiger charge is -2.38. The van der Waals surface area contributed by atoms with E-state index in [9.17, 15) is 9.90 Å². The lowest BCUT2D eigenvalue weighted by Crippen LogP contribution is -2.29. The van der Waals surface area contributed by atoms with Crippen molar-refractivity contribution in [1.29, 1.82) is 0 Å². The number of ether oxygens (including phenoxy) is 1. The van der Waals surface area contributed by atoms with Crippen LogP contribution in [0.4, 0.5) is 5.69 Å². The monoisotopic (exact) mass is 431 g/mol. The fourth-order valence-electron chi connectivity index (χ4n) is 4.62. The van der Waals surface area contributed by atoms with E-state index in [1.54, 1.807) is 6.07 Å². The highest BCUT2D eigenvalue weighted by atomic mass is 35.5. The standard InChI is InChI=1S/C26H22ClNO3/c27-23-14-18(26(29)30)13-22-20-7-4-8-21(20)24(28-25(22)23)17-9-11-19(12-10-17)31-15-16-5-2-1-3-6-16/h1-7,9-14,20-21,24,28H,8,15H2,(H,29,30)/t20-,21-,24-/m0/s1. The molecule has 0 aromatic heterocycles. The summed E-state index contributed by atoms with van der Waals surface area (Å²) in [6.07, 6.45) is 5.29. The number of carboxylic acids is 1. The van der Waals surface area contributed by atoms with Crippen LogP contribution in [0.5, 0.6) is 5.75 Å². The number of halogens is 1. The third-order valence-electron chi connectivity index (χ3n) is 6.16. The van der Waals surface area contributed by atoms with Gasteiger partial charge < -0.3 is 15.2 Å². The summed E-state index contributed by atoms with van der Waals surface area (Å²) in [5.74, 6) is 0.321. The minimum absolute atomic E-state index is 0.0869. The van der Waals surface area contributed by atoms with Crippen LogP contribution in [0.3, 0.4) is 0 Å². The zero-order valence-electron chi connectivity index (χ0n) is 16.8. The molecule has 3 atom stereocenters. The van der Waals surface area contributed by atoms with Crippen molar-refractivity contribution in [2.75, 3.05) is 5.32 Å². The van der Waals surface area contributed by atoms with Crippen molar-refractivity contribution < 1.29 is 14.6 Å². The molecule has 0 unspecified atom stereocenters. The fraction of sp³-hybridized carbons (Fsp3) is 0.192. The molecule has 0 fully saturated rings. The Balaban J connectivity index is 1.39. The quantitative estimate of drug-likeness (QED) is 0.456. The maximum atomic E-state index is 11.5. The molecule has 5 heteroatoms. The van der Waals surface area contributed by atoms with E-state index in [4.69, 9.17) is 16.3 Å². The zero-order valence-corrected chi connectivity index (χ0v) is 17.5. The number of hydrogen-bond donors (Lipinski definition) is 2. The van der Waals surface area contributed by atoms with Gasteiger partial charge in [-0.05, 0) is 53.3 Å². The molecule has 31 heavy (non-hydrogen) atoms. The second-order valence-corrected chi connectivity index (χ2v) is 8.45. The summed E-state index contributed by atoms with van der Waals surface area (Å²) in [6, 6.07) is 21.6. The molecule has 1 aliphatic carbocycles. The lowest BCUT2D eigenvalue weighted by atomic mass is 9.76. The molecule has 5 rings (SSSR count). The number of hydrogen-bond acceptors (Lipinski definition) is 3. The highest BCUT2D eigenvalue weighted by molar-refractivity contribution is 6.33. The minimum Gasteiger partial charge on any atom is -0.489 e. The van der Waals surface area contributed by atoms with E-state index in [1.807, 2.05) is 42.5 Å². The first kappa shape index (κ1) is 19.7. The molecule has 3 aromatic rings. The molecule has 2 N–H and O–H groups in total. The second-order valence-electron chi connectivity index (χ2n) is 8.05. The third-order valence-corrected chi connectivity index (χ3v) is 6.45. The Kier molecular flexibility index (Phi) is 5.16. The van der Waals surface area contributed by atoms with Crippen LogP contribution in [0, 0.1) is 5.92 Å². The van der Waals surface area contributed by atoms with E-state index in [2.05, 4.69) is 29.6 Å². The maximum absolute atomic E-state index is 11.5. The van der Waals surface area contributed by atoms with Crippen LogP contribution in [0.15, 0.2) is 78.9 Å².